The normalized spacial score (nSPS) is 26.0. The van der Waals surface area contributed by atoms with E-state index < -0.39 is 0 Å². The van der Waals surface area contributed by atoms with Crippen LogP contribution >= 0.6 is 0 Å². The van der Waals surface area contributed by atoms with Crippen molar-refractivity contribution in [1.82, 2.24) is 4.90 Å². The van der Waals surface area contributed by atoms with E-state index in [0.29, 0.717) is 0 Å². The van der Waals surface area contributed by atoms with E-state index in [9.17, 15) is 0 Å². The molecule has 1 fully saturated rings. The summed E-state index contributed by atoms with van der Waals surface area (Å²) in [6.45, 7) is 8.81. The van der Waals surface area contributed by atoms with Crippen LogP contribution in [0.5, 0.6) is 5.75 Å². The van der Waals surface area contributed by atoms with Gasteiger partial charge in [-0.25, -0.2) is 0 Å². The number of hydrogen-bond acceptors (Lipinski definition) is 3. The van der Waals surface area contributed by atoms with Crippen LogP contribution in [0.25, 0.3) is 0 Å². The molecule has 0 spiro atoms. The van der Waals surface area contributed by atoms with Crippen molar-refractivity contribution in [3.8, 4) is 5.75 Å². The van der Waals surface area contributed by atoms with Gasteiger partial charge in [-0.05, 0) is 57.3 Å². The maximum Gasteiger partial charge on any atom is 0.121 e. The molecule has 21 heavy (non-hydrogen) atoms. The highest BCUT2D eigenvalue weighted by Crippen LogP contribution is 2.30. The lowest BCUT2D eigenvalue weighted by Crippen LogP contribution is -2.53. The minimum Gasteiger partial charge on any atom is -0.492 e. The van der Waals surface area contributed by atoms with E-state index in [4.69, 9.17) is 4.74 Å². The van der Waals surface area contributed by atoms with Gasteiger partial charge in [0.2, 0.25) is 0 Å². The zero-order valence-electron chi connectivity index (χ0n) is 13.5. The number of ether oxygens (including phenoxy) is 1. The van der Waals surface area contributed by atoms with Gasteiger partial charge < -0.3 is 10.1 Å². The standard InChI is InChI=1S/C18H28N2O/c1-3-20-12-5-4-10-18(20,2)14-21-16-9-8-15-7-6-11-19-17(15)13-16/h8-9,13,19H,3-7,10-12,14H2,1-2H3. The molecule has 116 valence electrons. The van der Waals surface area contributed by atoms with Gasteiger partial charge in [0.15, 0.2) is 0 Å². The van der Waals surface area contributed by atoms with Crippen molar-refractivity contribution < 1.29 is 4.74 Å². The zero-order chi connectivity index (χ0) is 14.7. The number of hydrogen-bond donors (Lipinski definition) is 1. The number of rotatable bonds is 4. The molecule has 3 heteroatoms. The van der Waals surface area contributed by atoms with Gasteiger partial charge >= 0.3 is 0 Å². The Morgan fingerprint density at radius 1 is 1.29 bits per heavy atom. The van der Waals surface area contributed by atoms with Crippen LogP contribution in [0.2, 0.25) is 0 Å². The van der Waals surface area contributed by atoms with E-state index in [2.05, 4.69) is 42.3 Å². The molecule has 1 saturated heterocycles. The molecule has 0 radical (unpaired) electrons. The summed E-state index contributed by atoms with van der Waals surface area (Å²) in [4.78, 5) is 2.58. The fourth-order valence-electron chi connectivity index (χ4n) is 3.71. The summed E-state index contributed by atoms with van der Waals surface area (Å²) in [6.07, 6.45) is 6.30. The molecule has 2 heterocycles. The molecule has 3 rings (SSSR count). The number of nitrogens with zero attached hydrogens (tertiary/aromatic N) is 1. The fraction of sp³-hybridized carbons (Fsp3) is 0.667. The van der Waals surface area contributed by atoms with Crippen LogP contribution in [0.1, 0.15) is 45.1 Å². The minimum atomic E-state index is 0.191. The average molecular weight is 288 g/mol. The Kier molecular flexibility index (Phi) is 4.39. The van der Waals surface area contributed by atoms with Crippen molar-refractivity contribution in [2.24, 2.45) is 0 Å². The number of likely N-dealkylation sites (N-methyl/N-ethyl adjacent to an activating group) is 1. The van der Waals surface area contributed by atoms with Crippen LogP contribution in [0, 0.1) is 0 Å². The topological polar surface area (TPSA) is 24.5 Å². The summed E-state index contributed by atoms with van der Waals surface area (Å²) < 4.78 is 6.16. The first-order valence-corrected chi connectivity index (χ1v) is 8.46. The molecule has 3 nitrogen and oxygen atoms in total. The first-order valence-electron chi connectivity index (χ1n) is 8.46. The van der Waals surface area contributed by atoms with Gasteiger partial charge in [-0.2, -0.15) is 0 Å². The van der Waals surface area contributed by atoms with Crippen LogP contribution in [0.3, 0.4) is 0 Å². The highest BCUT2D eigenvalue weighted by Gasteiger charge is 2.34. The molecule has 1 aromatic rings. The second-order valence-corrected chi connectivity index (χ2v) is 6.67. The van der Waals surface area contributed by atoms with Crippen molar-refractivity contribution in [1.29, 1.82) is 0 Å². The van der Waals surface area contributed by atoms with Crippen LogP contribution in [0.4, 0.5) is 5.69 Å². The van der Waals surface area contributed by atoms with Gasteiger partial charge in [0.1, 0.15) is 12.4 Å². The van der Waals surface area contributed by atoms with Crippen molar-refractivity contribution in [3.63, 3.8) is 0 Å². The van der Waals surface area contributed by atoms with Crippen LogP contribution in [-0.2, 0) is 6.42 Å². The molecule has 0 aromatic heterocycles. The van der Waals surface area contributed by atoms with Crippen LogP contribution in [0.15, 0.2) is 18.2 Å². The number of fused-ring (bicyclic) bond motifs is 1. The lowest BCUT2D eigenvalue weighted by Gasteiger charge is -2.44. The summed E-state index contributed by atoms with van der Waals surface area (Å²) in [5.41, 5.74) is 2.88. The third kappa shape index (κ3) is 3.18. The molecular weight excluding hydrogens is 260 g/mol. The van der Waals surface area contributed by atoms with E-state index in [1.807, 2.05) is 0 Å². The van der Waals surface area contributed by atoms with Gasteiger partial charge in [0.25, 0.3) is 0 Å². The number of likely N-dealkylation sites (tertiary alicyclic amines) is 1. The smallest absolute Gasteiger partial charge is 0.121 e. The fourth-order valence-corrected chi connectivity index (χ4v) is 3.71. The van der Waals surface area contributed by atoms with E-state index in [-0.39, 0.29) is 5.54 Å². The molecule has 1 aromatic carbocycles. The van der Waals surface area contributed by atoms with E-state index >= 15 is 0 Å². The number of benzene rings is 1. The van der Waals surface area contributed by atoms with Crippen molar-refractivity contribution in [2.45, 2.75) is 51.5 Å². The second-order valence-electron chi connectivity index (χ2n) is 6.67. The monoisotopic (exact) mass is 288 g/mol. The Morgan fingerprint density at radius 3 is 3.05 bits per heavy atom. The largest absolute Gasteiger partial charge is 0.492 e. The Balaban J connectivity index is 1.66. The summed E-state index contributed by atoms with van der Waals surface area (Å²) in [5, 5.41) is 3.48. The lowest BCUT2D eigenvalue weighted by atomic mass is 9.89. The van der Waals surface area contributed by atoms with E-state index in [0.717, 1.165) is 25.4 Å². The molecule has 1 atom stereocenters. The molecular formula is C18H28N2O. The van der Waals surface area contributed by atoms with Crippen LogP contribution < -0.4 is 10.1 Å². The Hall–Kier alpha value is -1.22. The third-order valence-electron chi connectivity index (χ3n) is 5.11. The summed E-state index contributed by atoms with van der Waals surface area (Å²) in [5.74, 6) is 1.01. The maximum atomic E-state index is 6.16. The average Bonchev–Trinajstić information content (AvgIpc) is 2.53. The molecule has 0 saturated carbocycles. The number of nitrogens with one attached hydrogen (secondary N) is 1. The summed E-state index contributed by atoms with van der Waals surface area (Å²) >= 11 is 0. The quantitative estimate of drug-likeness (QED) is 0.914. The molecule has 2 aliphatic heterocycles. The van der Waals surface area contributed by atoms with Gasteiger partial charge in [-0.15, -0.1) is 0 Å². The molecule has 2 aliphatic rings. The molecule has 1 N–H and O–H groups in total. The summed E-state index contributed by atoms with van der Waals surface area (Å²) in [7, 11) is 0. The number of anilines is 1. The highest BCUT2D eigenvalue weighted by atomic mass is 16.5. The second kappa shape index (κ2) is 6.27. The molecule has 0 bridgehead atoms. The van der Waals surface area contributed by atoms with Gasteiger partial charge in [0, 0.05) is 18.3 Å². The van der Waals surface area contributed by atoms with E-state index in [1.165, 1.54) is 49.9 Å². The third-order valence-corrected chi connectivity index (χ3v) is 5.11. The van der Waals surface area contributed by atoms with Crippen molar-refractivity contribution in [3.05, 3.63) is 23.8 Å². The van der Waals surface area contributed by atoms with Gasteiger partial charge in [-0.3, -0.25) is 4.90 Å². The molecule has 0 aliphatic carbocycles. The first-order chi connectivity index (χ1) is 10.2. The molecule has 0 amide bonds. The van der Waals surface area contributed by atoms with Gasteiger partial charge in [0.05, 0.1) is 5.54 Å². The lowest BCUT2D eigenvalue weighted by molar-refractivity contribution is 0.0250. The summed E-state index contributed by atoms with van der Waals surface area (Å²) in [6, 6.07) is 6.53. The highest BCUT2D eigenvalue weighted by molar-refractivity contribution is 5.56. The maximum absolute atomic E-state index is 6.16. The van der Waals surface area contributed by atoms with Crippen molar-refractivity contribution >= 4 is 5.69 Å². The Labute approximate surface area is 128 Å². The number of aryl methyl sites for hydroxylation is 1. The minimum absolute atomic E-state index is 0.191. The van der Waals surface area contributed by atoms with Crippen molar-refractivity contribution in [2.75, 3.05) is 31.6 Å². The first kappa shape index (κ1) is 14.7. The van der Waals surface area contributed by atoms with Crippen LogP contribution in [-0.4, -0.2) is 36.7 Å². The Bertz CT molecular complexity index is 488. The Morgan fingerprint density at radius 2 is 2.19 bits per heavy atom. The molecule has 1 unspecified atom stereocenters. The SMILES string of the molecule is CCN1CCCCC1(C)COc1ccc2c(c1)NCCC2. The van der Waals surface area contributed by atoms with Gasteiger partial charge in [-0.1, -0.05) is 19.4 Å². The predicted molar refractivity (Wildman–Crippen MR) is 88.3 cm³/mol. The zero-order valence-corrected chi connectivity index (χ0v) is 13.5. The predicted octanol–water partition coefficient (Wildman–Crippen LogP) is 3.69. The van der Waals surface area contributed by atoms with E-state index in [1.54, 1.807) is 0 Å². The number of piperidine rings is 1.